The van der Waals surface area contributed by atoms with Gasteiger partial charge in [-0.3, -0.25) is 4.79 Å². The van der Waals surface area contributed by atoms with Crippen LogP contribution in [0.4, 0.5) is 0 Å². The smallest absolute Gasteiger partial charge is 0.248 e. The molecule has 1 atom stereocenters. The van der Waals surface area contributed by atoms with E-state index in [0.29, 0.717) is 22.6 Å². The van der Waals surface area contributed by atoms with Gasteiger partial charge in [-0.2, -0.15) is 0 Å². The molecule has 0 saturated carbocycles. The number of hydrogen-bond acceptors (Lipinski definition) is 5. The number of methoxy groups -OCH3 is 2. The van der Waals surface area contributed by atoms with Crippen molar-refractivity contribution in [1.82, 2.24) is 4.98 Å². The van der Waals surface area contributed by atoms with E-state index in [9.17, 15) is 9.90 Å². The Morgan fingerprint density at radius 2 is 2.00 bits per heavy atom. The molecule has 1 unspecified atom stereocenters. The molecule has 0 fully saturated rings. The number of ether oxygens (including phenoxy) is 3. The number of aromatic nitrogens is 1. The highest BCUT2D eigenvalue weighted by atomic mass is 16.7. The molecule has 4 rings (SSSR count). The number of phenolic OH excluding ortho intramolecular Hbond substituents is 1. The lowest BCUT2D eigenvalue weighted by molar-refractivity contribution is -0.0569. The van der Waals surface area contributed by atoms with Crippen LogP contribution < -0.4 is 15.0 Å². The first-order valence-electron chi connectivity index (χ1n) is 7.81. The molecule has 25 heavy (non-hydrogen) atoms. The molecular formula is C19H17NO5. The summed E-state index contributed by atoms with van der Waals surface area (Å²) in [5, 5.41) is 11.0. The number of H-pyrrole nitrogens is 1. The predicted molar refractivity (Wildman–Crippen MR) is 93.3 cm³/mol. The van der Waals surface area contributed by atoms with Crippen molar-refractivity contribution in [3.8, 4) is 28.4 Å². The first-order valence-corrected chi connectivity index (χ1v) is 7.81. The van der Waals surface area contributed by atoms with Crippen molar-refractivity contribution >= 4 is 10.9 Å². The number of aromatic hydroxyl groups is 1. The van der Waals surface area contributed by atoms with Gasteiger partial charge in [0.05, 0.1) is 12.7 Å². The van der Waals surface area contributed by atoms with Gasteiger partial charge in [-0.05, 0) is 36.2 Å². The van der Waals surface area contributed by atoms with Crippen molar-refractivity contribution in [2.24, 2.45) is 0 Å². The molecule has 1 aliphatic rings. The van der Waals surface area contributed by atoms with Crippen molar-refractivity contribution in [2.75, 3.05) is 14.2 Å². The summed E-state index contributed by atoms with van der Waals surface area (Å²) in [6, 6.07) is 8.48. The van der Waals surface area contributed by atoms with Gasteiger partial charge in [-0.15, -0.1) is 0 Å². The molecule has 0 bridgehead atoms. The molecule has 0 aliphatic carbocycles. The Balaban J connectivity index is 2.16. The minimum atomic E-state index is -0.634. The quantitative estimate of drug-likeness (QED) is 0.749. The molecule has 2 N–H and O–H groups in total. The highest BCUT2D eigenvalue weighted by Crippen LogP contribution is 2.52. The minimum Gasteiger partial charge on any atom is -0.504 e. The van der Waals surface area contributed by atoms with Gasteiger partial charge in [0.2, 0.25) is 11.8 Å². The summed E-state index contributed by atoms with van der Waals surface area (Å²) >= 11 is 0. The van der Waals surface area contributed by atoms with E-state index in [0.717, 1.165) is 22.1 Å². The van der Waals surface area contributed by atoms with Gasteiger partial charge in [-0.25, -0.2) is 0 Å². The summed E-state index contributed by atoms with van der Waals surface area (Å²) in [4.78, 5) is 14.6. The lowest BCUT2D eigenvalue weighted by atomic mass is 9.90. The van der Waals surface area contributed by atoms with Crippen LogP contribution in [0.1, 0.15) is 17.4 Å². The maximum absolute atomic E-state index is 11.8. The second-order valence-corrected chi connectivity index (χ2v) is 5.94. The molecule has 3 aromatic rings. The molecule has 2 heterocycles. The molecular weight excluding hydrogens is 322 g/mol. The Morgan fingerprint density at radius 3 is 2.72 bits per heavy atom. The summed E-state index contributed by atoms with van der Waals surface area (Å²) in [6.45, 7) is 1.87. The summed E-state index contributed by atoms with van der Waals surface area (Å²) in [5.74, 6) is 0.940. The van der Waals surface area contributed by atoms with E-state index in [1.54, 1.807) is 19.2 Å². The fourth-order valence-electron chi connectivity index (χ4n) is 3.50. The first kappa shape index (κ1) is 15.5. The molecule has 6 nitrogen and oxygen atoms in total. The summed E-state index contributed by atoms with van der Waals surface area (Å²) in [7, 11) is 3.07. The number of rotatable bonds is 2. The number of hydrogen-bond donors (Lipinski definition) is 2. The number of aryl methyl sites for hydroxylation is 1. The number of nitrogens with one attached hydrogen (secondary N) is 1. The van der Waals surface area contributed by atoms with E-state index in [1.807, 2.05) is 19.1 Å². The minimum absolute atomic E-state index is 0.0324. The molecule has 0 saturated heterocycles. The molecule has 0 radical (unpaired) electrons. The maximum Gasteiger partial charge on any atom is 0.248 e. The fraction of sp³-hybridized carbons (Fsp3) is 0.211. The lowest BCUT2D eigenvalue weighted by Gasteiger charge is -2.30. The van der Waals surface area contributed by atoms with Gasteiger partial charge in [0.1, 0.15) is 5.75 Å². The normalized spacial score (nSPS) is 15.4. The number of phenols is 1. The summed E-state index contributed by atoms with van der Waals surface area (Å²) < 4.78 is 16.9. The van der Waals surface area contributed by atoms with Crippen LogP contribution in [0, 0.1) is 6.92 Å². The van der Waals surface area contributed by atoms with Crippen molar-refractivity contribution in [1.29, 1.82) is 0 Å². The fourth-order valence-corrected chi connectivity index (χ4v) is 3.50. The molecule has 6 heteroatoms. The predicted octanol–water partition coefficient (Wildman–Crippen LogP) is 3.26. The van der Waals surface area contributed by atoms with E-state index >= 15 is 0 Å². The molecule has 1 aromatic heterocycles. The van der Waals surface area contributed by atoms with Gasteiger partial charge in [0.15, 0.2) is 11.5 Å². The van der Waals surface area contributed by atoms with E-state index in [1.165, 1.54) is 13.2 Å². The SMILES string of the molecule is COc1c(O)ccc2c1-c1ccc3[nH]c(=O)cc(C)c3c1C(OC)O2. The van der Waals surface area contributed by atoms with Crippen LogP contribution in [0.25, 0.3) is 22.0 Å². The third kappa shape index (κ3) is 2.18. The van der Waals surface area contributed by atoms with E-state index in [-0.39, 0.29) is 11.3 Å². The zero-order valence-electron chi connectivity index (χ0n) is 14.0. The number of benzene rings is 2. The summed E-state index contributed by atoms with van der Waals surface area (Å²) in [6.07, 6.45) is -0.634. The van der Waals surface area contributed by atoms with Gasteiger partial charge in [0, 0.05) is 29.6 Å². The molecule has 2 aromatic carbocycles. The van der Waals surface area contributed by atoms with Crippen LogP contribution in [0.2, 0.25) is 0 Å². The Hall–Kier alpha value is -2.99. The van der Waals surface area contributed by atoms with E-state index in [4.69, 9.17) is 14.2 Å². The third-order valence-corrected chi connectivity index (χ3v) is 4.50. The van der Waals surface area contributed by atoms with E-state index < -0.39 is 6.29 Å². The van der Waals surface area contributed by atoms with Crippen molar-refractivity contribution in [2.45, 2.75) is 13.2 Å². The number of pyridine rings is 1. The Morgan fingerprint density at radius 1 is 1.20 bits per heavy atom. The largest absolute Gasteiger partial charge is 0.504 e. The van der Waals surface area contributed by atoms with Gasteiger partial charge >= 0.3 is 0 Å². The monoisotopic (exact) mass is 339 g/mol. The van der Waals surface area contributed by atoms with Gasteiger partial charge in [-0.1, -0.05) is 6.07 Å². The van der Waals surface area contributed by atoms with Crippen molar-refractivity contribution in [3.63, 3.8) is 0 Å². The standard InChI is InChI=1S/C19H17NO5/c1-9-8-14(22)20-11-5-4-10-16-13(7-6-12(21)18(16)23-2)25-19(24-3)17(10)15(9)11/h4-8,19,21H,1-3H3,(H,20,22). The molecule has 128 valence electrons. The van der Waals surface area contributed by atoms with Crippen molar-refractivity contribution < 1.29 is 19.3 Å². The third-order valence-electron chi connectivity index (χ3n) is 4.50. The van der Waals surface area contributed by atoms with Crippen molar-refractivity contribution in [3.05, 3.63) is 51.8 Å². The highest BCUT2D eigenvalue weighted by Gasteiger charge is 2.32. The Bertz CT molecular complexity index is 1050. The highest BCUT2D eigenvalue weighted by molar-refractivity contribution is 5.95. The molecule has 0 amide bonds. The number of fused-ring (bicyclic) bond motifs is 5. The van der Waals surface area contributed by atoms with Crippen LogP contribution >= 0.6 is 0 Å². The first-order chi connectivity index (χ1) is 12.0. The van der Waals surface area contributed by atoms with Crippen LogP contribution in [-0.2, 0) is 4.74 Å². The topological polar surface area (TPSA) is 80.8 Å². The average molecular weight is 339 g/mol. The maximum atomic E-state index is 11.8. The van der Waals surface area contributed by atoms with Crippen LogP contribution in [0.3, 0.4) is 0 Å². The van der Waals surface area contributed by atoms with Gasteiger partial charge in [0.25, 0.3) is 0 Å². The van der Waals surface area contributed by atoms with Gasteiger partial charge < -0.3 is 24.3 Å². The zero-order valence-corrected chi connectivity index (χ0v) is 14.0. The second kappa shape index (κ2) is 5.53. The molecule has 1 aliphatic heterocycles. The Kier molecular flexibility index (Phi) is 3.43. The van der Waals surface area contributed by atoms with E-state index in [2.05, 4.69) is 4.98 Å². The summed E-state index contributed by atoms with van der Waals surface area (Å²) in [5.41, 5.74) is 3.67. The van der Waals surface area contributed by atoms with Crippen LogP contribution in [-0.4, -0.2) is 24.3 Å². The van der Waals surface area contributed by atoms with Crippen LogP contribution in [0.15, 0.2) is 35.1 Å². The second-order valence-electron chi connectivity index (χ2n) is 5.94. The molecule has 0 spiro atoms. The Labute approximate surface area is 143 Å². The average Bonchev–Trinajstić information content (AvgIpc) is 2.60. The lowest BCUT2D eigenvalue weighted by Crippen LogP contribution is -2.18. The number of aromatic amines is 1. The van der Waals surface area contributed by atoms with Crippen LogP contribution in [0.5, 0.6) is 17.2 Å². The zero-order chi connectivity index (χ0) is 17.7.